The lowest BCUT2D eigenvalue weighted by molar-refractivity contribution is -0.135. The first-order valence-electron chi connectivity index (χ1n) is 8.33. The molecule has 5 heteroatoms. The Kier molecular flexibility index (Phi) is 6.02. The summed E-state index contributed by atoms with van der Waals surface area (Å²) in [4.78, 5) is 28.6. The molecule has 0 radical (unpaired) electrons. The van der Waals surface area contributed by atoms with Crippen LogP contribution in [0.2, 0.25) is 0 Å². The number of nitrogens with zero attached hydrogens (tertiary/aromatic N) is 2. The molecule has 0 saturated carbocycles. The second-order valence-electron chi connectivity index (χ2n) is 5.93. The normalized spacial score (nSPS) is 17.4. The van der Waals surface area contributed by atoms with Crippen molar-refractivity contribution in [2.75, 3.05) is 31.6 Å². The molecular weight excluding hydrogens is 292 g/mol. The molecule has 2 rings (SSSR count). The summed E-state index contributed by atoms with van der Waals surface area (Å²) in [5.41, 5.74) is 0.823. The minimum atomic E-state index is -0.234. The molecule has 0 aromatic heterocycles. The quantitative estimate of drug-likeness (QED) is 0.776. The van der Waals surface area contributed by atoms with Gasteiger partial charge in [-0.25, -0.2) is 0 Å². The Morgan fingerprint density at radius 2 is 1.83 bits per heavy atom. The van der Waals surface area contributed by atoms with Crippen molar-refractivity contribution in [1.82, 2.24) is 4.90 Å². The van der Waals surface area contributed by atoms with Crippen LogP contribution in [0.25, 0.3) is 0 Å². The number of hydrogen-bond donors (Lipinski definition) is 0. The highest BCUT2D eigenvalue weighted by Gasteiger charge is 2.36. The zero-order valence-corrected chi connectivity index (χ0v) is 14.2. The van der Waals surface area contributed by atoms with Gasteiger partial charge in [0, 0.05) is 31.7 Å². The lowest BCUT2D eigenvalue weighted by atomic mass is 10.1. The topological polar surface area (TPSA) is 49.9 Å². The molecule has 1 aromatic rings. The number of carbonyl (C=O) groups excluding carboxylic acids is 2. The highest BCUT2D eigenvalue weighted by atomic mass is 16.5. The average Bonchev–Trinajstić information content (AvgIpc) is 2.96. The van der Waals surface area contributed by atoms with E-state index in [-0.39, 0.29) is 17.7 Å². The number of rotatable bonds is 7. The van der Waals surface area contributed by atoms with Crippen LogP contribution in [-0.2, 0) is 9.59 Å². The Hall–Kier alpha value is -2.04. The Bertz CT molecular complexity index is 536. The number of ether oxygens (including phenoxy) is 1. The summed E-state index contributed by atoms with van der Waals surface area (Å²) in [5, 5.41) is 0. The predicted octanol–water partition coefficient (Wildman–Crippen LogP) is 2.70. The molecule has 1 heterocycles. The van der Waals surface area contributed by atoms with Crippen molar-refractivity contribution < 1.29 is 14.3 Å². The summed E-state index contributed by atoms with van der Waals surface area (Å²) in [5.74, 6) is 0.646. The van der Waals surface area contributed by atoms with Gasteiger partial charge >= 0.3 is 0 Å². The van der Waals surface area contributed by atoms with E-state index in [2.05, 4.69) is 13.8 Å². The number of methoxy groups -OCH3 is 1. The van der Waals surface area contributed by atoms with Crippen LogP contribution in [0.1, 0.15) is 33.1 Å². The summed E-state index contributed by atoms with van der Waals surface area (Å²) < 4.78 is 5.14. The van der Waals surface area contributed by atoms with Gasteiger partial charge in [0.25, 0.3) is 0 Å². The Morgan fingerprint density at radius 1 is 1.22 bits per heavy atom. The van der Waals surface area contributed by atoms with Crippen LogP contribution in [-0.4, -0.2) is 43.5 Å². The molecule has 1 saturated heterocycles. The van der Waals surface area contributed by atoms with Gasteiger partial charge < -0.3 is 14.5 Å². The van der Waals surface area contributed by atoms with Gasteiger partial charge in [-0.3, -0.25) is 9.59 Å². The highest BCUT2D eigenvalue weighted by Crippen LogP contribution is 2.27. The molecule has 1 unspecified atom stereocenters. The summed E-state index contributed by atoms with van der Waals surface area (Å²) in [7, 11) is 1.61. The minimum absolute atomic E-state index is 0.0152. The summed E-state index contributed by atoms with van der Waals surface area (Å²) in [6, 6.07) is 7.38. The Labute approximate surface area is 138 Å². The molecule has 23 heavy (non-hydrogen) atoms. The first-order valence-corrected chi connectivity index (χ1v) is 8.33. The lowest BCUT2D eigenvalue weighted by Gasteiger charge is -2.24. The van der Waals surface area contributed by atoms with E-state index < -0.39 is 0 Å². The third kappa shape index (κ3) is 4.03. The van der Waals surface area contributed by atoms with Crippen LogP contribution in [0.4, 0.5) is 5.69 Å². The molecule has 1 fully saturated rings. The summed E-state index contributed by atoms with van der Waals surface area (Å²) >= 11 is 0. The number of benzene rings is 1. The van der Waals surface area contributed by atoms with E-state index in [4.69, 9.17) is 4.74 Å². The fraction of sp³-hybridized carbons (Fsp3) is 0.556. The maximum Gasteiger partial charge on any atom is 0.228 e. The second kappa shape index (κ2) is 7.99. The second-order valence-corrected chi connectivity index (χ2v) is 5.93. The van der Waals surface area contributed by atoms with Crippen LogP contribution in [0.3, 0.4) is 0 Å². The first kappa shape index (κ1) is 17.3. The van der Waals surface area contributed by atoms with E-state index in [1.54, 1.807) is 12.0 Å². The summed E-state index contributed by atoms with van der Waals surface area (Å²) in [6.45, 7) is 6.13. The maximum atomic E-state index is 12.7. The number of amides is 2. The van der Waals surface area contributed by atoms with Crippen molar-refractivity contribution in [3.05, 3.63) is 24.3 Å². The molecule has 126 valence electrons. The van der Waals surface area contributed by atoms with Gasteiger partial charge in [-0.1, -0.05) is 13.8 Å². The molecular formula is C18H26N2O3. The van der Waals surface area contributed by atoms with Gasteiger partial charge in [-0.2, -0.15) is 0 Å². The lowest BCUT2D eigenvalue weighted by Crippen LogP contribution is -2.38. The van der Waals surface area contributed by atoms with E-state index >= 15 is 0 Å². The number of carbonyl (C=O) groups is 2. The molecule has 1 aliphatic heterocycles. The first-order chi connectivity index (χ1) is 11.1. The average molecular weight is 318 g/mol. The molecule has 1 aromatic carbocycles. The predicted molar refractivity (Wildman–Crippen MR) is 90.6 cm³/mol. The zero-order valence-electron chi connectivity index (χ0n) is 14.2. The molecule has 1 atom stereocenters. The number of anilines is 1. The SMILES string of the molecule is CCCN(CCC)C(=O)C1CC(=O)N(c2ccc(OC)cc2)C1. The third-order valence-electron chi connectivity index (χ3n) is 4.16. The van der Waals surface area contributed by atoms with E-state index in [1.807, 2.05) is 29.2 Å². The van der Waals surface area contributed by atoms with Crippen molar-refractivity contribution in [1.29, 1.82) is 0 Å². The number of hydrogen-bond acceptors (Lipinski definition) is 3. The van der Waals surface area contributed by atoms with Gasteiger partial charge in [-0.15, -0.1) is 0 Å². The summed E-state index contributed by atoms with van der Waals surface area (Å²) in [6.07, 6.45) is 2.18. The molecule has 0 spiro atoms. The molecule has 0 N–H and O–H groups in total. The van der Waals surface area contributed by atoms with Crippen molar-refractivity contribution in [3.8, 4) is 5.75 Å². The van der Waals surface area contributed by atoms with E-state index in [9.17, 15) is 9.59 Å². The fourth-order valence-electron chi connectivity index (χ4n) is 3.01. The van der Waals surface area contributed by atoms with Crippen LogP contribution in [0.15, 0.2) is 24.3 Å². The van der Waals surface area contributed by atoms with Crippen molar-refractivity contribution >= 4 is 17.5 Å². The van der Waals surface area contributed by atoms with Crippen molar-refractivity contribution in [2.45, 2.75) is 33.1 Å². The molecule has 2 amide bonds. The zero-order chi connectivity index (χ0) is 16.8. The van der Waals surface area contributed by atoms with E-state index in [1.165, 1.54) is 0 Å². The van der Waals surface area contributed by atoms with Crippen LogP contribution < -0.4 is 9.64 Å². The third-order valence-corrected chi connectivity index (χ3v) is 4.16. The molecule has 1 aliphatic rings. The van der Waals surface area contributed by atoms with Crippen LogP contribution >= 0.6 is 0 Å². The van der Waals surface area contributed by atoms with E-state index in [0.29, 0.717) is 13.0 Å². The van der Waals surface area contributed by atoms with Gasteiger partial charge in [0.1, 0.15) is 5.75 Å². The van der Waals surface area contributed by atoms with Crippen molar-refractivity contribution in [2.24, 2.45) is 5.92 Å². The maximum absolute atomic E-state index is 12.7. The van der Waals surface area contributed by atoms with Gasteiger partial charge in [0.05, 0.1) is 13.0 Å². The van der Waals surface area contributed by atoms with Gasteiger partial charge in [0.2, 0.25) is 11.8 Å². The Morgan fingerprint density at radius 3 is 2.35 bits per heavy atom. The monoisotopic (exact) mass is 318 g/mol. The van der Waals surface area contributed by atoms with Gasteiger partial charge in [-0.05, 0) is 37.1 Å². The van der Waals surface area contributed by atoms with Gasteiger partial charge in [0.15, 0.2) is 0 Å². The fourth-order valence-corrected chi connectivity index (χ4v) is 3.01. The van der Waals surface area contributed by atoms with Crippen LogP contribution in [0, 0.1) is 5.92 Å². The molecule has 5 nitrogen and oxygen atoms in total. The Balaban J connectivity index is 2.07. The minimum Gasteiger partial charge on any atom is -0.497 e. The van der Waals surface area contributed by atoms with Crippen molar-refractivity contribution in [3.63, 3.8) is 0 Å². The smallest absolute Gasteiger partial charge is 0.228 e. The van der Waals surface area contributed by atoms with Crippen LogP contribution in [0.5, 0.6) is 5.75 Å². The van der Waals surface area contributed by atoms with E-state index in [0.717, 1.165) is 37.4 Å². The molecule has 0 aliphatic carbocycles. The largest absolute Gasteiger partial charge is 0.497 e. The standard InChI is InChI=1S/C18H26N2O3/c1-4-10-19(11-5-2)18(22)14-12-17(21)20(13-14)15-6-8-16(23-3)9-7-15/h6-9,14H,4-5,10-13H2,1-3H3. The highest BCUT2D eigenvalue weighted by molar-refractivity contribution is 6.00. The molecule has 0 bridgehead atoms.